The second-order valence-corrected chi connectivity index (χ2v) is 3.88. The van der Waals surface area contributed by atoms with Crippen LogP contribution in [0.5, 0.6) is 0 Å². The minimum absolute atomic E-state index is 0.135. The van der Waals surface area contributed by atoms with Crippen LogP contribution in [-0.2, 0) is 9.53 Å². The Morgan fingerprint density at radius 2 is 2.36 bits per heavy atom. The molecule has 1 atom stereocenters. The lowest BCUT2D eigenvalue weighted by Crippen LogP contribution is -2.44. The fourth-order valence-corrected chi connectivity index (χ4v) is 1.97. The Balaban J connectivity index is 2.98. The van der Waals surface area contributed by atoms with Crippen molar-refractivity contribution in [3.63, 3.8) is 0 Å². The highest BCUT2D eigenvalue weighted by Crippen LogP contribution is 2.21. The van der Waals surface area contributed by atoms with E-state index in [0.29, 0.717) is 5.57 Å². The number of methoxy groups -OCH3 is 1. The number of allylic oxidation sites excluding steroid dienone is 2. The lowest BCUT2D eigenvalue weighted by molar-refractivity contribution is -0.136. The molecule has 78 valence electrons. The number of carbonyl (C=O) groups is 1. The molecule has 1 N–H and O–H groups in total. The van der Waals surface area contributed by atoms with Crippen molar-refractivity contribution in [2.45, 2.75) is 6.17 Å². The third kappa shape index (κ3) is 2.16. The van der Waals surface area contributed by atoms with Crippen LogP contribution in [0.15, 0.2) is 22.3 Å². The Hall–Kier alpha value is -0.810. The van der Waals surface area contributed by atoms with E-state index in [2.05, 4.69) is 21.2 Å². The van der Waals surface area contributed by atoms with Crippen molar-refractivity contribution in [1.29, 1.82) is 0 Å². The van der Waals surface area contributed by atoms with Gasteiger partial charge in [0.1, 0.15) is 6.17 Å². The third-order valence-electron chi connectivity index (χ3n) is 2.02. The maximum atomic E-state index is 11.4. The van der Waals surface area contributed by atoms with Gasteiger partial charge in [0.2, 0.25) is 0 Å². The van der Waals surface area contributed by atoms with Crippen LogP contribution in [0.4, 0.5) is 0 Å². The van der Waals surface area contributed by atoms with E-state index < -0.39 is 0 Å². The van der Waals surface area contributed by atoms with Crippen molar-refractivity contribution in [3.05, 3.63) is 22.3 Å². The second kappa shape index (κ2) is 4.61. The number of nitrogens with zero attached hydrogens (tertiary/aromatic N) is 1. The van der Waals surface area contributed by atoms with E-state index in [1.54, 1.807) is 13.1 Å². The number of carbonyl (C=O) groups excluding carboxylic acids is 1. The van der Waals surface area contributed by atoms with E-state index in [0.717, 1.165) is 4.48 Å². The molecule has 1 unspecified atom stereocenters. The van der Waals surface area contributed by atoms with Gasteiger partial charge in [-0.3, -0.25) is 5.32 Å². The second-order valence-electron chi connectivity index (χ2n) is 2.96. The zero-order chi connectivity index (χ0) is 10.7. The van der Waals surface area contributed by atoms with Gasteiger partial charge in [-0.15, -0.1) is 0 Å². The Labute approximate surface area is 91.7 Å². The summed E-state index contributed by atoms with van der Waals surface area (Å²) in [6, 6.07) is 0. The SMILES string of the molecule is CNC1C(C(=O)OC)=CC(Br)=CN1C. The Kier molecular flexibility index (Phi) is 3.71. The highest BCUT2D eigenvalue weighted by molar-refractivity contribution is 9.11. The van der Waals surface area contributed by atoms with Gasteiger partial charge in [-0.2, -0.15) is 0 Å². The normalized spacial score (nSPS) is 21.4. The number of hydrogen-bond acceptors (Lipinski definition) is 4. The van der Waals surface area contributed by atoms with E-state index in [1.165, 1.54) is 7.11 Å². The minimum Gasteiger partial charge on any atom is -0.466 e. The predicted molar refractivity (Wildman–Crippen MR) is 57.7 cm³/mol. The van der Waals surface area contributed by atoms with Crippen molar-refractivity contribution in [2.75, 3.05) is 21.2 Å². The van der Waals surface area contributed by atoms with E-state index in [1.807, 2.05) is 18.1 Å². The number of esters is 1. The molecular weight excluding hydrogens is 248 g/mol. The highest BCUT2D eigenvalue weighted by Gasteiger charge is 2.25. The third-order valence-corrected chi connectivity index (χ3v) is 2.45. The molecule has 1 aliphatic rings. The summed E-state index contributed by atoms with van der Waals surface area (Å²) in [5, 5.41) is 3.03. The Bertz CT molecular complexity index is 299. The first kappa shape index (κ1) is 11.3. The van der Waals surface area contributed by atoms with Crippen LogP contribution in [0.25, 0.3) is 0 Å². The van der Waals surface area contributed by atoms with Crippen LogP contribution in [0.1, 0.15) is 0 Å². The van der Waals surface area contributed by atoms with E-state index in [4.69, 9.17) is 4.74 Å². The summed E-state index contributed by atoms with van der Waals surface area (Å²) in [5.41, 5.74) is 0.590. The number of halogens is 1. The van der Waals surface area contributed by atoms with Crippen LogP contribution in [0.3, 0.4) is 0 Å². The summed E-state index contributed by atoms with van der Waals surface area (Å²) in [5.74, 6) is -0.318. The van der Waals surface area contributed by atoms with Gasteiger partial charge < -0.3 is 9.64 Å². The molecule has 5 heteroatoms. The molecule has 1 rings (SSSR count). The van der Waals surface area contributed by atoms with Gasteiger partial charge in [0.05, 0.1) is 12.7 Å². The molecule has 0 aromatic heterocycles. The maximum absolute atomic E-state index is 11.4. The summed E-state index contributed by atoms with van der Waals surface area (Å²) in [7, 11) is 5.06. The topological polar surface area (TPSA) is 41.6 Å². The van der Waals surface area contributed by atoms with Crippen molar-refractivity contribution in [3.8, 4) is 0 Å². The molecule has 1 aliphatic heterocycles. The van der Waals surface area contributed by atoms with E-state index >= 15 is 0 Å². The number of hydrogen-bond donors (Lipinski definition) is 1. The summed E-state index contributed by atoms with van der Waals surface area (Å²) in [4.78, 5) is 13.3. The zero-order valence-electron chi connectivity index (χ0n) is 8.37. The molecule has 0 aliphatic carbocycles. The summed E-state index contributed by atoms with van der Waals surface area (Å²) in [6.07, 6.45) is 3.52. The Morgan fingerprint density at radius 1 is 1.71 bits per heavy atom. The van der Waals surface area contributed by atoms with Gasteiger partial charge in [0, 0.05) is 17.7 Å². The summed E-state index contributed by atoms with van der Waals surface area (Å²) < 4.78 is 5.55. The van der Waals surface area contributed by atoms with Gasteiger partial charge in [-0.05, 0) is 29.1 Å². The van der Waals surface area contributed by atoms with Gasteiger partial charge in [-0.1, -0.05) is 0 Å². The zero-order valence-corrected chi connectivity index (χ0v) is 9.96. The Morgan fingerprint density at radius 3 is 2.86 bits per heavy atom. The van der Waals surface area contributed by atoms with E-state index in [9.17, 15) is 4.79 Å². The van der Waals surface area contributed by atoms with Crippen LogP contribution in [0, 0.1) is 0 Å². The molecule has 14 heavy (non-hydrogen) atoms. The van der Waals surface area contributed by atoms with Crippen molar-refractivity contribution >= 4 is 21.9 Å². The molecule has 1 heterocycles. The molecular formula is C9H13BrN2O2. The minimum atomic E-state index is -0.318. The van der Waals surface area contributed by atoms with Crippen LogP contribution < -0.4 is 5.32 Å². The van der Waals surface area contributed by atoms with E-state index in [-0.39, 0.29) is 12.1 Å². The van der Waals surface area contributed by atoms with Crippen molar-refractivity contribution in [1.82, 2.24) is 10.2 Å². The molecule has 0 aromatic rings. The average Bonchev–Trinajstić information content (AvgIpc) is 2.15. The fraction of sp³-hybridized carbons (Fsp3) is 0.444. The predicted octanol–water partition coefficient (Wildman–Crippen LogP) is 0.813. The van der Waals surface area contributed by atoms with Crippen LogP contribution >= 0.6 is 15.9 Å². The fourth-order valence-electron chi connectivity index (χ4n) is 1.40. The van der Waals surface area contributed by atoms with Gasteiger partial charge in [0.15, 0.2) is 0 Å². The number of nitrogens with one attached hydrogen (secondary N) is 1. The molecule has 4 nitrogen and oxygen atoms in total. The molecule has 0 spiro atoms. The van der Waals surface area contributed by atoms with Crippen molar-refractivity contribution in [2.24, 2.45) is 0 Å². The molecule has 0 amide bonds. The summed E-state index contributed by atoms with van der Waals surface area (Å²) >= 11 is 3.33. The quantitative estimate of drug-likeness (QED) is 0.747. The maximum Gasteiger partial charge on any atom is 0.337 e. The molecule has 0 fully saturated rings. The average molecular weight is 261 g/mol. The lowest BCUT2D eigenvalue weighted by Gasteiger charge is -2.30. The first-order chi connectivity index (χ1) is 6.60. The largest absolute Gasteiger partial charge is 0.466 e. The number of ether oxygens (including phenoxy) is 1. The molecule has 0 aromatic carbocycles. The monoisotopic (exact) mass is 260 g/mol. The first-order valence-electron chi connectivity index (χ1n) is 4.16. The van der Waals surface area contributed by atoms with Gasteiger partial charge in [-0.25, -0.2) is 4.79 Å². The summed E-state index contributed by atoms with van der Waals surface area (Å²) in [6.45, 7) is 0. The molecule has 0 saturated carbocycles. The van der Waals surface area contributed by atoms with Gasteiger partial charge >= 0.3 is 5.97 Å². The van der Waals surface area contributed by atoms with Crippen LogP contribution in [-0.4, -0.2) is 38.2 Å². The van der Waals surface area contributed by atoms with Crippen LogP contribution in [0.2, 0.25) is 0 Å². The molecule has 0 bridgehead atoms. The standard InChI is InChI=1S/C9H13BrN2O2/c1-11-8-7(9(13)14-3)4-6(10)5-12(8)2/h4-5,8,11H,1-3H3. The lowest BCUT2D eigenvalue weighted by atomic mass is 10.1. The molecule has 0 saturated heterocycles. The number of rotatable bonds is 2. The first-order valence-corrected chi connectivity index (χ1v) is 4.96. The highest BCUT2D eigenvalue weighted by atomic mass is 79.9. The molecule has 0 radical (unpaired) electrons. The van der Waals surface area contributed by atoms with Gasteiger partial charge in [0.25, 0.3) is 0 Å². The number of likely N-dealkylation sites (N-methyl/N-ethyl adjacent to an activating group) is 2. The van der Waals surface area contributed by atoms with Crippen molar-refractivity contribution < 1.29 is 9.53 Å². The smallest absolute Gasteiger partial charge is 0.337 e.